The number of anilines is 3. The van der Waals surface area contributed by atoms with Gasteiger partial charge in [0.2, 0.25) is 5.95 Å². The van der Waals surface area contributed by atoms with Gasteiger partial charge < -0.3 is 11.1 Å². The number of nitrogen functional groups attached to an aromatic ring is 1. The molecule has 0 amide bonds. The fourth-order valence-corrected chi connectivity index (χ4v) is 2.04. The fourth-order valence-electron chi connectivity index (χ4n) is 1.43. The molecule has 0 saturated heterocycles. The lowest BCUT2D eigenvalue weighted by Crippen LogP contribution is -2.07. The van der Waals surface area contributed by atoms with Crippen LogP contribution in [-0.2, 0) is 6.18 Å². The quantitative estimate of drug-likeness (QED) is 0.833. The Kier molecular flexibility index (Phi) is 4.05. The minimum atomic E-state index is -4.47. The Hall–Kier alpha value is -1.54. The van der Waals surface area contributed by atoms with Gasteiger partial charge in [-0.05, 0) is 18.2 Å². The molecule has 0 aliphatic carbocycles. The van der Waals surface area contributed by atoms with Crippen LogP contribution in [0.25, 0.3) is 0 Å². The predicted molar refractivity (Wildman–Crippen MR) is 73.9 cm³/mol. The van der Waals surface area contributed by atoms with Crippen molar-refractivity contribution in [2.45, 2.75) is 6.18 Å². The molecular weight excluding hydrogens is 360 g/mol. The Labute approximate surface area is 125 Å². The van der Waals surface area contributed by atoms with Crippen molar-refractivity contribution in [3.8, 4) is 0 Å². The molecule has 3 N–H and O–H groups in total. The van der Waals surface area contributed by atoms with E-state index in [2.05, 4.69) is 31.2 Å². The predicted octanol–water partition coefficient (Wildman–Crippen LogP) is 4.24. The van der Waals surface area contributed by atoms with Crippen molar-refractivity contribution in [2.24, 2.45) is 0 Å². The van der Waals surface area contributed by atoms with E-state index in [1.165, 1.54) is 18.3 Å². The van der Waals surface area contributed by atoms with E-state index in [9.17, 15) is 13.2 Å². The van der Waals surface area contributed by atoms with Gasteiger partial charge in [0.05, 0.1) is 11.8 Å². The number of aromatic nitrogens is 2. The van der Waals surface area contributed by atoms with Crippen LogP contribution in [0.1, 0.15) is 5.56 Å². The van der Waals surface area contributed by atoms with E-state index in [0.717, 1.165) is 6.07 Å². The Bertz CT molecular complexity index is 648. The number of nitrogens with two attached hydrogens (primary N) is 1. The van der Waals surface area contributed by atoms with Crippen LogP contribution in [0.15, 0.2) is 28.9 Å². The second-order valence-corrected chi connectivity index (χ2v) is 5.00. The van der Waals surface area contributed by atoms with Gasteiger partial charge >= 0.3 is 6.18 Å². The number of benzene rings is 1. The molecule has 0 saturated carbocycles. The standard InChI is InChI=1S/C11H7BrClF3N4/c12-7-2-1-5(3-6(7)11(14,15)16)19-9-8(13)4-18-10(17)20-9/h1-4H,(H3,17,18,19,20). The normalized spacial score (nSPS) is 11.4. The van der Waals surface area contributed by atoms with Crippen LogP contribution in [0.5, 0.6) is 0 Å². The van der Waals surface area contributed by atoms with Crippen molar-refractivity contribution < 1.29 is 13.2 Å². The van der Waals surface area contributed by atoms with Gasteiger partial charge in [-0.15, -0.1) is 0 Å². The molecule has 1 aromatic heterocycles. The van der Waals surface area contributed by atoms with Gasteiger partial charge in [-0.3, -0.25) is 0 Å². The minimum Gasteiger partial charge on any atom is -0.368 e. The first-order valence-corrected chi connectivity index (χ1v) is 6.36. The molecule has 1 aromatic carbocycles. The third-order valence-corrected chi connectivity index (χ3v) is 3.27. The van der Waals surface area contributed by atoms with Gasteiger partial charge in [0.25, 0.3) is 0 Å². The van der Waals surface area contributed by atoms with Gasteiger partial charge in [0, 0.05) is 10.2 Å². The van der Waals surface area contributed by atoms with Crippen LogP contribution in [0, 0.1) is 0 Å². The fraction of sp³-hybridized carbons (Fsp3) is 0.0909. The van der Waals surface area contributed by atoms with Gasteiger partial charge in [-0.25, -0.2) is 4.98 Å². The number of rotatable bonds is 2. The smallest absolute Gasteiger partial charge is 0.368 e. The zero-order chi connectivity index (χ0) is 14.9. The van der Waals surface area contributed by atoms with E-state index in [-0.39, 0.29) is 26.9 Å². The molecule has 0 aliphatic rings. The lowest BCUT2D eigenvalue weighted by atomic mass is 10.2. The van der Waals surface area contributed by atoms with Crippen molar-refractivity contribution in [1.29, 1.82) is 0 Å². The van der Waals surface area contributed by atoms with E-state index in [4.69, 9.17) is 17.3 Å². The van der Waals surface area contributed by atoms with Gasteiger partial charge in [0.1, 0.15) is 5.02 Å². The highest BCUT2D eigenvalue weighted by Crippen LogP contribution is 2.37. The number of halogens is 5. The van der Waals surface area contributed by atoms with Gasteiger partial charge in [-0.2, -0.15) is 18.2 Å². The summed E-state index contributed by atoms with van der Waals surface area (Å²) in [5.41, 5.74) is 4.77. The summed E-state index contributed by atoms with van der Waals surface area (Å²) in [5.74, 6) is 0.0969. The van der Waals surface area contributed by atoms with Crippen molar-refractivity contribution >= 4 is 45.0 Å². The molecule has 9 heteroatoms. The first-order chi connectivity index (χ1) is 9.27. The molecule has 0 atom stereocenters. The summed E-state index contributed by atoms with van der Waals surface area (Å²) >= 11 is 8.69. The molecule has 0 bridgehead atoms. The van der Waals surface area contributed by atoms with Crippen LogP contribution in [0.4, 0.5) is 30.6 Å². The lowest BCUT2D eigenvalue weighted by molar-refractivity contribution is -0.138. The molecule has 4 nitrogen and oxygen atoms in total. The Morgan fingerprint density at radius 3 is 2.65 bits per heavy atom. The summed E-state index contributed by atoms with van der Waals surface area (Å²) in [6.07, 6.45) is -3.21. The molecule has 20 heavy (non-hydrogen) atoms. The van der Waals surface area contributed by atoms with Gasteiger partial charge in [0.15, 0.2) is 5.82 Å². The Balaban J connectivity index is 2.37. The number of nitrogens with zero attached hydrogens (tertiary/aromatic N) is 2. The van der Waals surface area contributed by atoms with E-state index in [1.54, 1.807) is 0 Å². The Morgan fingerprint density at radius 1 is 1.30 bits per heavy atom. The molecule has 2 aromatic rings. The second kappa shape index (κ2) is 5.45. The number of alkyl halides is 3. The van der Waals surface area contributed by atoms with Crippen LogP contribution in [0.2, 0.25) is 5.02 Å². The van der Waals surface area contributed by atoms with Crippen molar-refractivity contribution in [2.75, 3.05) is 11.1 Å². The van der Waals surface area contributed by atoms with Crippen LogP contribution in [0.3, 0.4) is 0 Å². The summed E-state index contributed by atoms with van der Waals surface area (Å²) in [7, 11) is 0. The summed E-state index contributed by atoms with van der Waals surface area (Å²) in [6.45, 7) is 0. The molecule has 106 valence electrons. The summed E-state index contributed by atoms with van der Waals surface area (Å²) in [4.78, 5) is 7.47. The first-order valence-electron chi connectivity index (χ1n) is 5.19. The molecule has 0 spiro atoms. The molecule has 2 rings (SSSR count). The SMILES string of the molecule is Nc1ncc(Cl)c(Nc2ccc(Br)c(C(F)(F)F)c2)n1. The molecule has 0 fully saturated rings. The summed E-state index contributed by atoms with van der Waals surface area (Å²) in [5, 5.41) is 2.82. The number of hydrogen-bond acceptors (Lipinski definition) is 4. The van der Waals surface area contributed by atoms with Crippen LogP contribution in [-0.4, -0.2) is 9.97 Å². The van der Waals surface area contributed by atoms with Crippen LogP contribution < -0.4 is 11.1 Å². The highest BCUT2D eigenvalue weighted by Gasteiger charge is 2.33. The van der Waals surface area contributed by atoms with Crippen molar-refractivity contribution in [3.05, 3.63) is 39.5 Å². The summed E-state index contributed by atoms with van der Waals surface area (Å²) < 4.78 is 38.3. The maximum Gasteiger partial charge on any atom is 0.417 e. The number of hydrogen-bond donors (Lipinski definition) is 2. The molecule has 1 heterocycles. The first kappa shape index (κ1) is 14.9. The second-order valence-electron chi connectivity index (χ2n) is 3.74. The average Bonchev–Trinajstić information content (AvgIpc) is 2.35. The third-order valence-electron chi connectivity index (χ3n) is 2.30. The minimum absolute atomic E-state index is 0.0370. The van der Waals surface area contributed by atoms with Gasteiger partial charge in [-0.1, -0.05) is 27.5 Å². The van der Waals surface area contributed by atoms with E-state index in [1.807, 2.05) is 0 Å². The highest BCUT2D eigenvalue weighted by molar-refractivity contribution is 9.10. The molecular formula is C11H7BrClF3N4. The molecule has 0 radical (unpaired) electrons. The lowest BCUT2D eigenvalue weighted by Gasteiger charge is -2.12. The maximum atomic E-state index is 12.8. The van der Waals surface area contributed by atoms with E-state index in [0.29, 0.717) is 0 Å². The highest BCUT2D eigenvalue weighted by atomic mass is 79.9. The Morgan fingerprint density at radius 2 is 2.00 bits per heavy atom. The molecule has 0 unspecified atom stereocenters. The zero-order valence-electron chi connectivity index (χ0n) is 9.67. The topological polar surface area (TPSA) is 63.8 Å². The van der Waals surface area contributed by atoms with Crippen molar-refractivity contribution in [3.63, 3.8) is 0 Å². The zero-order valence-corrected chi connectivity index (χ0v) is 12.0. The number of nitrogens with one attached hydrogen (secondary N) is 1. The molecule has 0 aliphatic heterocycles. The maximum absolute atomic E-state index is 12.8. The third kappa shape index (κ3) is 3.31. The van der Waals surface area contributed by atoms with Crippen LogP contribution >= 0.6 is 27.5 Å². The largest absolute Gasteiger partial charge is 0.417 e. The average molecular weight is 368 g/mol. The van der Waals surface area contributed by atoms with Crippen molar-refractivity contribution in [1.82, 2.24) is 9.97 Å². The monoisotopic (exact) mass is 366 g/mol. The van der Waals surface area contributed by atoms with E-state index >= 15 is 0 Å². The summed E-state index contributed by atoms with van der Waals surface area (Å²) in [6, 6.07) is 3.68. The van der Waals surface area contributed by atoms with E-state index < -0.39 is 11.7 Å².